The van der Waals surface area contributed by atoms with E-state index in [0.717, 1.165) is 48.2 Å². The van der Waals surface area contributed by atoms with Gasteiger partial charge in [0.2, 0.25) is 0 Å². The Bertz CT molecular complexity index is 1000. The van der Waals surface area contributed by atoms with Crippen LogP contribution in [0.4, 0.5) is 13.2 Å². The van der Waals surface area contributed by atoms with Crippen molar-refractivity contribution in [3.8, 4) is 0 Å². The summed E-state index contributed by atoms with van der Waals surface area (Å²) in [6.45, 7) is 2.87. The molecule has 0 N–H and O–H groups in total. The molecule has 7 heteroatoms. The van der Waals surface area contributed by atoms with Gasteiger partial charge in [0.15, 0.2) is 4.80 Å². The topological polar surface area (TPSA) is 34.4 Å². The van der Waals surface area contributed by atoms with Crippen LogP contribution in [-0.4, -0.2) is 10.5 Å². The fourth-order valence-corrected chi connectivity index (χ4v) is 3.85. The molecule has 3 nitrogen and oxygen atoms in total. The molecular weight excluding hydrogens is 373 g/mol. The third-order valence-corrected chi connectivity index (χ3v) is 5.29. The number of fused-ring (bicyclic) bond motifs is 1. The highest BCUT2D eigenvalue weighted by Gasteiger charge is 2.30. The number of hydrogen-bond acceptors (Lipinski definition) is 2. The number of carbonyl (C=O) groups is 1. The lowest BCUT2D eigenvalue weighted by Gasteiger charge is -2.06. The molecule has 0 saturated heterocycles. The van der Waals surface area contributed by atoms with Gasteiger partial charge in [-0.2, -0.15) is 18.2 Å². The fraction of sp³-hybridized carbons (Fsp3) is 0.300. The number of rotatable bonds is 5. The molecule has 0 radical (unpaired) electrons. The maximum Gasteiger partial charge on any atom is 0.416 e. The van der Waals surface area contributed by atoms with Crippen LogP contribution in [0, 0.1) is 0 Å². The van der Waals surface area contributed by atoms with E-state index >= 15 is 0 Å². The van der Waals surface area contributed by atoms with Crippen molar-refractivity contribution in [1.29, 1.82) is 0 Å². The molecule has 0 bridgehead atoms. The average Bonchev–Trinajstić information content (AvgIpc) is 2.99. The summed E-state index contributed by atoms with van der Waals surface area (Å²) in [5.41, 5.74) is 0.369. The number of thiazole rings is 1. The highest BCUT2D eigenvalue weighted by molar-refractivity contribution is 7.16. The molecular formula is C20H19F3N2OS. The van der Waals surface area contributed by atoms with Crippen LogP contribution < -0.4 is 4.80 Å². The number of unbranched alkanes of at least 4 members (excludes halogenated alkanes) is 2. The molecule has 1 heterocycles. The molecule has 0 aliphatic carbocycles. The van der Waals surface area contributed by atoms with Crippen molar-refractivity contribution in [2.75, 3.05) is 0 Å². The van der Waals surface area contributed by atoms with E-state index in [1.807, 2.05) is 28.8 Å². The summed E-state index contributed by atoms with van der Waals surface area (Å²) in [7, 11) is 0. The van der Waals surface area contributed by atoms with Gasteiger partial charge in [0.1, 0.15) is 0 Å². The number of halogens is 3. The first-order valence-corrected chi connectivity index (χ1v) is 9.56. The van der Waals surface area contributed by atoms with Crippen LogP contribution in [0.1, 0.15) is 42.1 Å². The maximum absolute atomic E-state index is 12.7. The molecule has 0 aliphatic heterocycles. The third kappa shape index (κ3) is 4.47. The molecule has 27 heavy (non-hydrogen) atoms. The Labute approximate surface area is 158 Å². The van der Waals surface area contributed by atoms with Crippen molar-refractivity contribution < 1.29 is 18.0 Å². The number of amides is 1. The van der Waals surface area contributed by atoms with E-state index in [0.29, 0.717) is 4.80 Å². The minimum atomic E-state index is -4.42. The van der Waals surface area contributed by atoms with Crippen LogP contribution >= 0.6 is 11.3 Å². The number of nitrogens with zero attached hydrogens (tertiary/aromatic N) is 2. The number of aromatic nitrogens is 1. The van der Waals surface area contributed by atoms with Gasteiger partial charge in [-0.1, -0.05) is 43.2 Å². The predicted octanol–water partition coefficient (Wildman–Crippen LogP) is 5.65. The Morgan fingerprint density at radius 2 is 1.78 bits per heavy atom. The summed E-state index contributed by atoms with van der Waals surface area (Å²) >= 11 is 1.41. The molecule has 1 aromatic heterocycles. The molecule has 1 amide bonds. The van der Waals surface area contributed by atoms with Crippen molar-refractivity contribution in [2.45, 2.75) is 38.9 Å². The van der Waals surface area contributed by atoms with E-state index in [1.54, 1.807) is 0 Å². The third-order valence-electron chi connectivity index (χ3n) is 4.23. The highest BCUT2D eigenvalue weighted by Crippen LogP contribution is 2.29. The number of carbonyl (C=O) groups excluding carboxylic acids is 1. The summed E-state index contributed by atoms with van der Waals surface area (Å²) < 4.78 is 41.1. The Morgan fingerprint density at radius 1 is 1.07 bits per heavy atom. The van der Waals surface area contributed by atoms with E-state index in [1.165, 1.54) is 23.5 Å². The second kappa shape index (κ2) is 8.08. The molecule has 0 saturated carbocycles. The second-order valence-electron chi connectivity index (χ2n) is 6.20. The summed E-state index contributed by atoms with van der Waals surface area (Å²) in [5.74, 6) is -0.542. The molecule has 0 unspecified atom stereocenters. The van der Waals surface area contributed by atoms with Gasteiger partial charge < -0.3 is 4.57 Å². The SMILES string of the molecule is CCCCCn1c(=NC(=O)c2ccc(C(F)(F)F)cc2)sc2ccccc21. The summed E-state index contributed by atoms with van der Waals surface area (Å²) in [6, 6.07) is 12.0. The van der Waals surface area contributed by atoms with Crippen molar-refractivity contribution in [3.05, 3.63) is 64.5 Å². The van der Waals surface area contributed by atoms with Gasteiger partial charge in [-0.25, -0.2) is 0 Å². The zero-order chi connectivity index (χ0) is 19.4. The van der Waals surface area contributed by atoms with Gasteiger partial charge in [-0.3, -0.25) is 4.79 Å². The van der Waals surface area contributed by atoms with Crippen LogP contribution in [0.15, 0.2) is 53.5 Å². The zero-order valence-electron chi connectivity index (χ0n) is 14.8. The Morgan fingerprint density at radius 3 is 2.44 bits per heavy atom. The minimum absolute atomic E-state index is 0.139. The Hall–Kier alpha value is -2.41. The minimum Gasteiger partial charge on any atom is -0.316 e. The lowest BCUT2D eigenvalue weighted by Crippen LogP contribution is -2.17. The first kappa shape index (κ1) is 19.4. The highest BCUT2D eigenvalue weighted by atomic mass is 32.1. The van der Waals surface area contributed by atoms with E-state index in [9.17, 15) is 18.0 Å². The van der Waals surface area contributed by atoms with Crippen LogP contribution in [0.5, 0.6) is 0 Å². The van der Waals surface area contributed by atoms with Gasteiger partial charge >= 0.3 is 6.18 Å². The number of hydrogen-bond donors (Lipinski definition) is 0. The van der Waals surface area contributed by atoms with Gasteiger partial charge in [0, 0.05) is 12.1 Å². The largest absolute Gasteiger partial charge is 0.416 e. The first-order chi connectivity index (χ1) is 12.9. The summed E-state index contributed by atoms with van der Waals surface area (Å²) in [5, 5.41) is 0. The van der Waals surface area contributed by atoms with Crippen LogP contribution in [0.3, 0.4) is 0 Å². The molecule has 2 aromatic carbocycles. The molecule has 0 fully saturated rings. The van der Waals surface area contributed by atoms with Crippen LogP contribution in [-0.2, 0) is 12.7 Å². The predicted molar refractivity (Wildman–Crippen MR) is 101 cm³/mol. The van der Waals surface area contributed by atoms with Gasteiger partial charge in [0.05, 0.1) is 15.8 Å². The molecule has 142 valence electrons. The lowest BCUT2D eigenvalue weighted by molar-refractivity contribution is -0.137. The molecule has 0 aliphatic rings. The zero-order valence-corrected chi connectivity index (χ0v) is 15.6. The number of benzene rings is 2. The van der Waals surface area contributed by atoms with Crippen molar-refractivity contribution >= 4 is 27.5 Å². The second-order valence-corrected chi connectivity index (χ2v) is 7.21. The van der Waals surface area contributed by atoms with Crippen LogP contribution in [0.2, 0.25) is 0 Å². The van der Waals surface area contributed by atoms with Crippen molar-refractivity contribution in [2.24, 2.45) is 4.99 Å². The van der Waals surface area contributed by atoms with E-state index in [2.05, 4.69) is 11.9 Å². The molecule has 3 aromatic rings. The van der Waals surface area contributed by atoms with Crippen molar-refractivity contribution in [1.82, 2.24) is 4.57 Å². The lowest BCUT2D eigenvalue weighted by atomic mass is 10.1. The van der Waals surface area contributed by atoms with Crippen LogP contribution in [0.25, 0.3) is 10.2 Å². The van der Waals surface area contributed by atoms with E-state index in [-0.39, 0.29) is 5.56 Å². The number of para-hydroxylation sites is 1. The summed E-state index contributed by atoms with van der Waals surface area (Å²) in [6.07, 6.45) is -1.30. The number of aryl methyl sites for hydroxylation is 1. The van der Waals surface area contributed by atoms with Crippen molar-refractivity contribution in [3.63, 3.8) is 0 Å². The normalized spacial score (nSPS) is 12.7. The number of alkyl halides is 3. The monoisotopic (exact) mass is 392 g/mol. The first-order valence-electron chi connectivity index (χ1n) is 8.75. The molecule has 3 rings (SSSR count). The quantitative estimate of drug-likeness (QED) is 0.517. The van der Waals surface area contributed by atoms with Gasteiger partial charge in [-0.05, 0) is 42.8 Å². The van der Waals surface area contributed by atoms with Gasteiger partial charge in [0.25, 0.3) is 5.91 Å². The smallest absolute Gasteiger partial charge is 0.316 e. The Kier molecular flexibility index (Phi) is 5.79. The summed E-state index contributed by atoms with van der Waals surface area (Å²) in [4.78, 5) is 17.2. The fourth-order valence-electron chi connectivity index (χ4n) is 2.80. The Balaban J connectivity index is 1.96. The standard InChI is InChI=1S/C20H19F3N2OS/c1-2-3-6-13-25-16-7-4-5-8-17(16)27-19(25)24-18(26)14-9-11-15(12-10-14)20(21,22)23/h4-5,7-12H,2-3,6,13H2,1H3. The van der Waals surface area contributed by atoms with E-state index in [4.69, 9.17) is 0 Å². The molecule has 0 spiro atoms. The maximum atomic E-state index is 12.7. The van der Waals surface area contributed by atoms with Gasteiger partial charge in [-0.15, -0.1) is 0 Å². The average molecular weight is 392 g/mol. The molecule has 0 atom stereocenters. The van der Waals surface area contributed by atoms with E-state index < -0.39 is 17.6 Å².